The van der Waals surface area contributed by atoms with Crippen molar-refractivity contribution in [1.29, 1.82) is 0 Å². The van der Waals surface area contributed by atoms with Crippen molar-refractivity contribution in [3.63, 3.8) is 0 Å². The lowest BCUT2D eigenvalue weighted by atomic mass is 10.1. The van der Waals surface area contributed by atoms with Crippen LogP contribution < -0.4 is 4.90 Å². The van der Waals surface area contributed by atoms with Gasteiger partial charge in [-0.1, -0.05) is 0 Å². The van der Waals surface area contributed by atoms with Crippen molar-refractivity contribution in [2.24, 2.45) is 0 Å². The lowest BCUT2D eigenvalue weighted by Crippen LogP contribution is -2.51. The van der Waals surface area contributed by atoms with E-state index in [0.717, 1.165) is 41.8 Å². The van der Waals surface area contributed by atoms with Crippen LogP contribution in [0.2, 0.25) is 0 Å². The molecule has 0 N–H and O–H groups in total. The summed E-state index contributed by atoms with van der Waals surface area (Å²) >= 11 is 0. The number of nitrogens with zero attached hydrogens (tertiary/aromatic N) is 5. The Morgan fingerprint density at radius 2 is 1.93 bits per heavy atom. The van der Waals surface area contributed by atoms with Gasteiger partial charge >= 0.3 is 0 Å². The smallest absolute Gasteiger partial charge is 0.227 e. The fourth-order valence-corrected chi connectivity index (χ4v) is 6.16. The van der Waals surface area contributed by atoms with E-state index in [9.17, 15) is 8.42 Å². The van der Waals surface area contributed by atoms with E-state index in [-0.39, 0.29) is 0 Å². The molecule has 2 fully saturated rings. The highest BCUT2D eigenvalue weighted by Gasteiger charge is 2.37. The summed E-state index contributed by atoms with van der Waals surface area (Å²) in [4.78, 5) is 2.06. The summed E-state index contributed by atoms with van der Waals surface area (Å²) in [5.41, 5.74) is 0.928. The SMILES string of the molecule is CCn1c(-c2cc(C)oc2C)nnc1N1CCC[C@@H](S(=O)(=O)N2CCOCC2)C1. The summed E-state index contributed by atoms with van der Waals surface area (Å²) in [6.45, 7) is 9.58. The highest BCUT2D eigenvalue weighted by atomic mass is 32.2. The van der Waals surface area contributed by atoms with Gasteiger partial charge in [0.15, 0.2) is 5.82 Å². The third-order valence-electron chi connectivity index (χ3n) is 5.74. The number of aromatic nitrogens is 3. The van der Waals surface area contributed by atoms with Crippen LogP contribution in [-0.4, -0.2) is 72.1 Å². The van der Waals surface area contributed by atoms with Crippen LogP contribution in [-0.2, 0) is 21.3 Å². The number of rotatable bonds is 5. The minimum Gasteiger partial charge on any atom is -0.466 e. The molecule has 0 amide bonds. The van der Waals surface area contributed by atoms with E-state index in [1.54, 1.807) is 4.31 Å². The van der Waals surface area contributed by atoms with Crippen molar-refractivity contribution in [3.8, 4) is 11.4 Å². The van der Waals surface area contributed by atoms with Gasteiger partial charge in [-0.05, 0) is 39.7 Å². The summed E-state index contributed by atoms with van der Waals surface area (Å²) in [7, 11) is -3.36. The van der Waals surface area contributed by atoms with Gasteiger partial charge < -0.3 is 14.1 Å². The molecule has 4 heterocycles. The maximum Gasteiger partial charge on any atom is 0.227 e. The van der Waals surface area contributed by atoms with Crippen LogP contribution in [0.1, 0.15) is 31.3 Å². The molecular weight excluding hydrogens is 394 g/mol. The molecule has 0 aliphatic carbocycles. The van der Waals surface area contributed by atoms with Crippen molar-refractivity contribution < 1.29 is 17.6 Å². The molecule has 0 spiro atoms. The molecule has 0 unspecified atom stereocenters. The second-order valence-corrected chi connectivity index (χ2v) is 9.87. The molecule has 0 radical (unpaired) electrons. The summed E-state index contributed by atoms with van der Waals surface area (Å²) in [5, 5.41) is 8.42. The standard InChI is InChI=1S/C19H29N5O4S/c1-4-24-18(17-12-14(2)28-15(17)3)20-21-19(24)22-7-5-6-16(13-22)29(25,26)23-8-10-27-11-9-23/h12,16H,4-11,13H2,1-3H3/t16-/m1/s1. The lowest BCUT2D eigenvalue weighted by molar-refractivity contribution is 0.0725. The van der Waals surface area contributed by atoms with Gasteiger partial charge in [-0.25, -0.2) is 8.42 Å². The highest BCUT2D eigenvalue weighted by Crippen LogP contribution is 2.30. The van der Waals surface area contributed by atoms with Crippen LogP contribution in [0.15, 0.2) is 10.5 Å². The Kier molecular flexibility index (Phi) is 5.67. The molecule has 2 aromatic heterocycles. The van der Waals surface area contributed by atoms with Crippen LogP contribution in [0.4, 0.5) is 5.95 Å². The first kappa shape index (κ1) is 20.4. The van der Waals surface area contributed by atoms with E-state index in [1.807, 2.05) is 31.4 Å². The van der Waals surface area contributed by atoms with Gasteiger partial charge in [-0.15, -0.1) is 10.2 Å². The molecule has 2 saturated heterocycles. The molecule has 160 valence electrons. The zero-order valence-electron chi connectivity index (χ0n) is 17.3. The van der Waals surface area contributed by atoms with Gasteiger partial charge in [0, 0.05) is 32.7 Å². The number of morpholine rings is 1. The van der Waals surface area contributed by atoms with Gasteiger partial charge in [0.1, 0.15) is 11.5 Å². The second kappa shape index (κ2) is 8.08. The summed E-state index contributed by atoms with van der Waals surface area (Å²) in [6, 6.07) is 1.97. The molecule has 4 rings (SSSR count). The van der Waals surface area contributed by atoms with Crippen molar-refractivity contribution in [1.82, 2.24) is 19.1 Å². The summed E-state index contributed by atoms with van der Waals surface area (Å²) in [5.74, 6) is 3.12. The number of hydrogen-bond donors (Lipinski definition) is 0. The van der Waals surface area contributed by atoms with Crippen molar-refractivity contribution in [2.75, 3.05) is 44.3 Å². The molecule has 2 aliphatic rings. The number of piperidine rings is 1. The minimum atomic E-state index is -3.36. The maximum atomic E-state index is 13.1. The van der Waals surface area contributed by atoms with E-state index >= 15 is 0 Å². The highest BCUT2D eigenvalue weighted by molar-refractivity contribution is 7.89. The molecule has 2 aromatic rings. The predicted octanol–water partition coefficient (Wildman–Crippen LogP) is 1.81. The molecular formula is C19H29N5O4S. The van der Waals surface area contributed by atoms with Gasteiger partial charge in [-0.2, -0.15) is 4.31 Å². The minimum absolute atomic E-state index is 0.432. The Bertz CT molecular complexity index is 961. The number of sulfonamides is 1. The largest absolute Gasteiger partial charge is 0.466 e. The first-order chi connectivity index (χ1) is 13.9. The van der Waals surface area contributed by atoms with Gasteiger partial charge in [0.2, 0.25) is 16.0 Å². The molecule has 0 bridgehead atoms. The molecule has 9 nitrogen and oxygen atoms in total. The zero-order valence-corrected chi connectivity index (χ0v) is 18.1. The third kappa shape index (κ3) is 3.80. The predicted molar refractivity (Wildman–Crippen MR) is 109 cm³/mol. The van der Waals surface area contributed by atoms with Gasteiger partial charge in [0.05, 0.1) is 24.0 Å². The average molecular weight is 424 g/mol. The number of ether oxygens (including phenoxy) is 1. The Hall–Kier alpha value is -1.91. The van der Waals surface area contributed by atoms with Crippen molar-refractivity contribution in [2.45, 2.75) is 45.4 Å². The first-order valence-electron chi connectivity index (χ1n) is 10.2. The Morgan fingerprint density at radius 3 is 2.59 bits per heavy atom. The normalized spacial score (nSPS) is 21.6. The van der Waals surface area contributed by atoms with E-state index in [1.165, 1.54) is 0 Å². The van der Waals surface area contributed by atoms with Gasteiger partial charge in [0.25, 0.3) is 0 Å². The van der Waals surface area contributed by atoms with Crippen molar-refractivity contribution in [3.05, 3.63) is 17.6 Å². The van der Waals surface area contributed by atoms with E-state index in [2.05, 4.69) is 15.1 Å². The number of aryl methyl sites for hydroxylation is 2. The summed E-state index contributed by atoms with van der Waals surface area (Å²) < 4.78 is 40.9. The monoisotopic (exact) mass is 423 g/mol. The summed E-state index contributed by atoms with van der Waals surface area (Å²) in [6.07, 6.45) is 1.48. The quantitative estimate of drug-likeness (QED) is 0.724. The van der Waals surface area contributed by atoms with Crippen LogP contribution in [0, 0.1) is 13.8 Å². The molecule has 2 aliphatic heterocycles. The van der Waals surface area contributed by atoms with Crippen LogP contribution in [0.3, 0.4) is 0 Å². The van der Waals surface area contributed by atoms with E-state index in [0.29, 0.717) is 45.8 Å². The van der Waals surface area contributed by atoms with Gasteiger partial charge in [-0.3, -0.25) is 4.57 Å². The van der Waals surface area contributed by atoms with E-state index < -0.39 is 15.3 Å². The number of anilines is 1. The van der Waals surface area contributed by atoms with Crippen LogP contribution in [0.5, 0.6) is 0 Å². The fourth-order valence-electron chi connectivity index (χ4n) is 4.25. The van der Waals surface area contributed by atoms with Crippen molar-refractivity contribution >= 4 is 16.0 Å². The second-order valence-electron chi connectivity index (χ2n) is 7.66. The third-order valence-corrected chi connectivity index (χ3v) is 8.05. The Balaban J connectivity index is 1.59. The molecule has 10 heteroatoms. The van der Waals surface area contributed by atoms with E-state index in [4.69, 9.17) is 9.15 Å². The molecule has 0 aromatic carbocycles. The Labute approximate surface area is 171 Å². The Morgan fingerprint density at radius 1 is 1.17 bits per heavy atom. The lowest BCUT2D eigenvalue weighted by Gasteiger charge is -2.36. The van der Waals surface area contributed by atoms with Crippen LogP contribution in [0.25, 0.3) is 11.4 Å². The number of hydrogen-bond acceptors (Lipinski definition) is 7. The maximum absolute atomic E-state index is 13.1. The average Bonchev–Trinajstić information content (AvgIpc) is 3.30. The fraction of sp³-hybridized carbons (Fsp3) is 0.684. The molecule has 29 heavy (non-hydrogen) atoms. The first-order valence-corrected chi connectivity index (χ1v) is 11.7. The zero-order chi connectivity index (χ0) is 20.6. The topological polar surface area (TPSA) is 93.7 Å². The molecule has 1 atom stereocenters. The molecule has 0 saturated carbocycles. The number of furan rings is 1. The van der Waals surface area contributed by atoms with Crippen LogP contribution >= 0.6 is 0 Å².